The van der Waals surface area contributed by atoms with E-state index in [9.17, 15) is 17.6 Å². The largest absolute Gasteiger partial charge is 0.416 e. The predicted octanol–water partition coefficient (Wildman–Crippen LogP) is 4.47. The van der Waals surface area contributed by atoms with Crippen LogP contribution in [0.25, 0.3) is 11.5 Å². The van der Waals surface area contributed by atoms with Crippen molar-refractivity contribution in [3.05, 3.63) is 65.4 Å². The van der Waals surface area contributed by atoms with E-state index in [1.54, 1.807) is 12.1 Å². The molecule has 0 saturated carbocycles. The number of piperidine rings is 1. The molecule has 0 spiro atoms. The molecule has 0 bridgehead atoms. The molecule has 2 aromatic heterocycles. The predicted molar refractivity (Wildman–Crippen MR) is 107 cm³/mol. The third kappa shape index (κ3) is 4.97. The van der Waals surface area contributed by atoms with Crippen LogP contribution in [0.2, 0.25) is 0 Å². The lowest BCUT2D eigenvalue weighted by Gasteiger charge is -2.41. The summed E-state index contributed by atoms with van der Waals surface area (Å²) in [5, 5.41) is 3.58. The Balaban J connectivity index is 1.55. The van der Waals surface area contributed by atoms with Crippen molar-refractivity contribution >= 4 is 0 Å². The summed E-state index contributed by atoms with van der Waals surface area (Å²) in [5.74, 6) is -0.352. The number of halogens is 4. The van der Waals surface area contributed by atoms with Crippen LogP contribution in [0.5, 0.6) is 0 Å². The number of nitrogens with zero attached hydrogens (tertiary/aromatic N) is 4. The van der Waals surface area contributed by atoms with E-state index in [4.69, 9.17) is 4.74 Å². The second-order valence-corrected chi connectivity index (χ2v) is 8.07. The minimum absolute atomic E-state index is 0.0320. The van der Waals surface area contributed by atoms with Crippen molar-refractivity contribution in [3.63, 3.8) is 0 Å². The number of rotatable bonds is 6. The van der Waals surface area contributed by atoms with Crippen LogP contribution in [-0.4, -0.2) is 46.8 Å². The standard InChI is InChI=1S/C22H22F4N4O2/c1-30-8-6-21(7-9-30,15-2-4-17(23)5-3-15)13-31-12-18-10-16(22(24,25)26)11-19(28-18)20-27-14-32-29-20/h2-5,10-11,14H,6-9,12-13H2,1H3. The lowest BCUT2D eigenvalue weighted by molar-refractivity contribution is -0.137. The van der Waals surface area contributed by atoms with E-state index in [-0.39, 0.29) is 41.7 Å². The van der Waals surface area contributed by atoms with Crippen molar-refractivity contribution in [1.29, 1.82) is 0 Å². The Labute approximate surface area is 182 Å². The van der Waals surface area contributed by atoms with Crippen molar-refractivity contribution in [3.8, 4) is 11.5 Å². The number of hydrogen-bond donors (Lipinski definition) is 0. The summed E-state index contributed by atoms with van der Waals surface area (Å²) in [7, 11) is 2.03. The Bertz CT molecular complexity index is 1030. The van der Waals surface area contributed by atoms with Gasteiger partial charge in [0.2, 0.25) is 12.2 Å². The maximum atomic E-state index is 13.4. The van der Waals surface area contributed by atoms with E-state index in [0.29, 0.717) is 0 Å². The number of ether oxygens (including phenoxy) is 1. The van der Waals surface area contributed by atoms with Gasteiger partial charge in [-0.3, -0.25) is 0 Å². The summed E-state index contributed by atoms with van der Waals surface area (Å²) in [6.45, 7) is 1.84. The average Bonchev–Trinajstić information content (AvgIpc) is 3.30. The molecule has 3 aromatic rings. The van der Waals surface area contributed by atoms with Gasteiger partial charge in [-0.1, -0.05) is 17.3 Å². The Kier molecular flexibility index (Phi) is 6.25. The van der Waals surface area contributed by atoms with E-state index in [2.05, 4.69) is 24.5 Å². The van der Waals surface area contributed by atoms with Crippen molar-refractivity contribution in [2.45, 2.75) is 31.0 Å². The molecular formula is C22H22F4N4O2. The van der Waals surface area contributed by atoms with Crippen LogP contribution < -0.4 is 0 Å². The summed E-state index contributed by atoms with van der Waals surface area (Å²) in [6.07, 6.45) is -1.95. The van der Waals surface area contributed by atoms with E-state index < -0.39 is 11.7 Å². The highest BCUT2D eigenvalue weighted by atomic mass is 19.4. The highest BCUT2D eigenvalue weighted by Gasteiger charge is 2.36. The van der Waals surface area contributed by atoms with Gasteiger partial charge in [0.1, 0.15) is 11.5 Å². The fourth-order valence-corrected chi connectivity index (χ4v) is 3.94. The van der Waals surface area contributed by atoms with Gasteiger partial charge in [-0.15, -0.1) is 0 Å². The first-order valence-electron chi connectivity index (χ1n) is 10.1. The lowest BCUT2D eigenvalue weighted by Crippen LogP contribution is -2.43. The van der Waals surface area contributed by atoms with Crippen LogP contribution >= 0.6 is 0 Å². The van der Waals surface area contributed by atoms with Gasteiger partial charge in [0, 0.05) is 5.41 Å². The first-order chi connectivity index (χ1) is 15.2. The second kappa shape index (κ2) is 8.95. The van der Waals surface area contributed by atoms with Crippen LogP contribution in [-0.2, 0) is 22.9 Å². The summed E-state index contributed by atoms with van der Waals surface area (Å²) in [6, 6.07) is 8.18. The topological polar surface area (TPSA) is 64.3 Å². The van der Waals surface area contributed by atoms with Crippen molar-refractivity contribution in [2.75, 3.05) is 26.7 Å². The highest BCUT2D eigenvalue weighted by Crippen LogP contribution is 2.36. The Morgan fingerprint density at radius 1 is 1.12 bits per heavy atom. The molecule has 6 nitrogen and oxygen atoms in total. The number of hydrogen-bond acceptors (Lipinski definition) is 6. The monoisotopic (exact) mass is 450 g/mol. The maximum Gasteiger partial charge on any atom is 0.416 e. The van der Waals surface area contributed by atoms with Gasteiger partial charge in [0.15, 0.2) is 0 Å². The van der Waals surface area contributed by atoms with Crippen molar-refractivity contribution in [1.82, 2.24) is 20.0 Å². The number of alkyl halides is 3. The molecule has 0 unspecified atom stereocenters. The minimum atomic E-state index is -4.56. The van der Waals surface area contributed by atoms with E-state index in [0.717, 1.165) is 50.0 Å². The summed E-state index contributed by atoms with van der Waals surface area (Å²) in [5.41, 5.74) is -0.185. The first kappa shape index (κ1) is 22.3. The van der Waals surface area contributed by atoms with E-state index in [1.165, 1.54) is 12.1 Å². The van der Waals surface area contributed by atoms with Gasteiger partial charge in [0.25, 0.3) is 0 Å². The van der Waals surface area contributed by atoms with Crippen LogP contribution in [0.1, 0.15) is 29.7 Å². The zero-order valence-corrected chi connectivity index (χ0v) is 17.4. The molecule has 1 fully saturated rings. The summed E-state index contributed by atoms with van der Waals surface area (Å²) < 4.78 is 64.1. The van der Waals surface area contributed by atoms with Gasteiger partial charge >= 0.3 is 6.18 Å². The summed E-state index contributed by atoms with van der Waals surface area (Å²) in [4.78, 5) is 10.2. The number of pyridine rings is 1. The van der Waals surface area contributed by atoms with Crippen LogP contribution in [0.4, 0.5) is 17.6 Å². The fraction of sp³-hybridized carbons (Fsp3) is 0.409. The Morgan fingerprint density at radius 2 is 1.84 bits per heavy atom. The third-order valence-corrected chi connectivity index (χ3v) is 5.83. The average molecular weight is 450 g/mol. The molecule has 1 aliphatic rings. The molecule has 0 amide bonds. The zero-order valence-electron chi connectivity index (χ0n) is 17.4. The normalized spacial score (nSPS) is 16.9. The Morgan fingerprint density at radius 3 is 2.47 bits per heavy atom. The van der Waals surface area contributed by atoms with Gasteiger partial charge in [0.05, 0.1) is 24.5 Å². The lowest BCUT2D eigenvalue weighted by atomic mass is 9.73. The minimum Gasteiger partial charge on any atom is -0.374 e. The number of benzene rings is 1. The molecule has 3 heterocycles. The van der Waals surface area contributed by atoms with Gasteiger partial charge in [-0.25, -0.2) is 9.37 Å². The molecule has 1 aliphatic heterocycles. The van der Waals surface area contributed by atoms with E-state index in [1.807, 2.05) is 7.05 Å². The molecule has 32 heavy (non-hydrogen) atoms. The SMILES string of the molecule is CN1CCC(COCc2cc(C(F)(F)F)cc(-c3ncon3)n2)(c2ccc(F)cc2)CC1. The molecule has 0 N–H and O–H groups in total. The van der Waals surface area contributed by atoms with Gasteiger partial charge in [-0.2, -0.15) is 18.2 Å². The molecule has 1 saturated heterocycles. The second-order valence-electron chi connectivity index (χ2n) is 8.07. The fourth-order valence-electron chi connectivity index (χ4n) is 3.94. The highest BCUT2D eigenvalue weighted by molar-refractivity contribution is 5.50. The molecular weight excluding hydrogens is 428 g/mol. The van der Waals surface area contributed by atoms with Gasteiger partial charge in [-0.05, 0) is 62.8 Å². The quantitative estimate of drug-likeness (QED) is 0.517. The Hall–Kier alpha value is -2.85. The first-order valence-corrected chi connectivity index (χ1v) is 10.1. The molecule has 170 valence electrons. The van der Waals surface area contributed by atoms with E-state index >= 15 is 0 Å². The molecule has 0 aliphatic carbocycles. The molecule has 4 rings (SSSR count). The molecule has 0 atom stereocenters. The number of aromatic nitrogens is 3. The maximum absolute atomic E-state index is 13.4. The molecule has 0 radical (unpaired) electrons. The van der Waals surface area contributed by atoms with Gasteiger partial charge < -0.3 is 14.2 Å². The number of likely N-dealkylation sites (tertiary alicyclic amines) is 1. The smallest absolute Gasteiger partial charge is 0.374 e. The molecule has 10 heteroatoms. The van der Waals surface area contributed by atoms with Crippen LogP contribution in [0, 0.1) is 5.82 Å². The van der Waals surface area contributed by atoms with Crippen LogP contribution in [0.3, 0.4) is 0 Å². The zero-order chi connectivity index (χ0) is 22.8. The van der Waals surface area contributed by atoms with Crippen molar-refractivity contribution in [2.24, 2.45) is 0 Å². The van der Waals surface area contributed by atoms with Crippen molar-refractivity contribution < 1.29 is 26.8 Å². The third-order valence-electron chi connectivity index (χ3n) is 5.83. The van der Waals surface area contributed by atoms with Crippen LogP contribution in [0.15, 0.2) is 47.3 Å². The summed E-state index contributed by atoms with van der Waals surface area (Å²) >= 11 is 0. The molecule has 1 aromatic carbocycles.